The van der Waals surface area contributed by atoms with Crippen molar-refractivity contribution in [1.29, 1.82) is 0 Å². The van der Waals surface area contributed by atoms with Gasteiger partial charge >= 0.3 is 0 Å². The third-order valence-corrected chi connectivity index (χ3v) is 8.83. The number of carbonyl (C=O) groups is 2. The summed E-state index contributed by atoms with van der Waals surface area (Å²) < 4.78 is 38.5. The molecule has 1 heterocycles. The summed E-state index contributed by atoms with van der Waals surface area (Å²) in [5, 5.41) is 4.79. The lowest BCUT2D eigenvalue weighted by atomic mass is 10.0. The number of nitrogens with zero attached hydrogens (tertiary/aromatic N) is 1. The highest BCUT2D eigenvalue weighted by Gasteiger charge is 2.20. The molecule has 6 rings (SSSR count). The second-order valence-electron chi connectivity index (χ2n) is 10.9. The maximum Gasteiger partial charge on any atom is 0.251 e. The number of anilines is 1. The van der Waals surface area contributed by atoms with E-state index in [0.29, 0.717) is 35.6 Å². The van der Waals surface area contributed by atoms with Gasteiger partial charge < -0.3 is 14.5 Å². The second kappa shape index (κ2) is 13.3. The van der Waals surface area contributed by atoms with Gasteiger partial charge in [0.05, 0.1) is 31.6 Å². The van der Waals surface area contributed by atoms with Gasteiger partial charge in [-0.05, 0) is 47.5 Å². The minimum Gasteiger partial charge on any atom is -0.493 e. The number of benzene rings is 5. The Balaban J connectivity index is 1.08. The smallest absolute Gasteiger partial charge is 0.251 e. The van der Waals surface area contributed by atoms with Crippen LogP contribution in [0.2, 0.25) is 0 Å². The third-order valence-electron chi connectivity index (χ3n) is 7.69. The van der Waals surface area contributed by atoms with Gasteiger partial charge in [-0.3, -0.25) is 13.9 Å². The fourth-order valence-electron chi connectivity index (χ4n) is 5.38. The largest absolute Gasteiger partial charge is 0.493 e. The van der Waals surface area contributed by atoms with Crippen LogP contribution in [0.5, 0.6) is 5.75 Å². The number of hydrogen-bond acceptors (Lipinski definition) is 6. The Labute approximate surface area is 267 Å². The predicted octanol–water partition coefficient (Wildman–Crippen LogP) is 6.79. The van der Waals surface area contributed by atoms with Crippen molar-refractivity contribution in [2.45, 2.75) is 13.0 Å². The van der Waals surface area contributed by atoms with E-state index in [2.05, 4.69) is 5.32 Å². The lowest BCUT2D eigenvalue weighted by Crippen LogP contribution is -2.31. The standard InChI is InChI=1S/C37H32N2O6S/c1-46(42,43)39(25-26-10-3-2-4-11-26)29-14-9-13-28(22-29)34(40)24-38-37(41)31-15-6-5-12-27(31)20-21-44-30-18-19-33-32-16-7-8-17-35(32)45-36(33)23-30/h2-19,22-23H,20-21,24-25H2,1H3,(H,38,41). The summed E-state index contributed by atoms with van der Waals surface area (Å²) in [7, 11) is -3.63. The molecule has 1 aromatic heterocycles. The van der Waals surface area contributed by atoms with Crippen LogP contribution in [0.1, 0.15) is 31.8 Å². The molecule has 0 saturated heterocycles. The van der Waals surface area contributed by atoms with Gasteiger partial charge in [-0.2, -0.15) is 0 Å². The number of para-hydroxylation sites is 1. The summed E-state index contributed by atoms with van der Waals surface area (Å²) >= 11 is 0. The first-order valence-corrected chi connectivity index (χ1v) is 16.7. The molecule has 46 heavy (non-hydrogen) atoms. The molecule has 0 radical (unpaired) electrons. The zero-order valence-electron chi connectivity index (χ0n) is 25.2. The highest BCUT2D eigenvalue weighted by Crippen LogP contribution is 2.31. The van der Waals surface area contributed by atoms with E-state index in [1.807, 2.05) is 84.9 Å². The molecule has 0 saturated carbocycles. The van der Waals surface area contributed by atoms with Crippen LogP contribution in [0.4, 0.5) is 5.69 Å². The van der Waals surface area contributed by atoms with Gasteiger partial charge in [0.25, 0.3) is 5.91 Å². The summed E-state index contributed by atoms with van der Waals surface area (Å²) in [5.74, 6) is -0.0599. The highest BCUT2D eigenvalue weighted by molar-refractivity contribution is 7.92. The van der Waals surface area contributed by atoms with Crippen molar-refractivity contribution in [3.05, 3.63) is 144 Å². The van der Waals surface area contributed by atoms with Gasteiger partial charge in [0.15, 0.2) is 5.78 Å². The fraction of sp³-hybridized carbons (Fsp3) is 0.135. The molecule has 232 valence electrons. The monoisotopic (exact) mass is 632 g/mol. The summed E-state index contributed by atoms with van der Waals surface area (Å²) in [6.45, 7) is 0.215. The van der Waals surface area contributed by atoms with Gasteiger partial charge in [0.1, 0.15) is 16.9 Å². The summed E-state index contributed by atoms with van der Waals surface area (Å²) in [4.78, 5) is 26.3. The van der Waals surface area contributed by atoms with Crippen molar-refractivity contribution < 1.29 is 27.2 Å². The third kappa shape index (κ3) is 6.95. The molecule has 0 fully saturated rings. The number of ketones is 1. The van der Waals surface area contributed by atoms with Gasteiger partial charge in [-0.15, -0.1) is 0 Å². The van der Waals surface area contributed by atoms with Gasteiger partial charge in [-0.25, -0.2) is 8.42 Å². The van der Waals surface area contributed by atoms with E-state index in [4.69, 9.17) is 9.15 Å². The van der Waals surface area contributed by atoms with E-state index >= 15 is 0 Å². The Morgan fingerprint density at radius 3 is 2.35 bits per heavy atom. The highest BCUT2D eigenvalue weighted by atomic mass is 32.2. The van der Waals surface area contributed by atoms with Crippen molar-refractivity contribution in [3.63, 3.8) is 0 Å². The van der Waals surface area contributed by atoms with E-state index < -0.39 is 10.0 Å². The lowest BCUT2D eigenvalue weighted by Gasteiger charge is -2.23. The van der Waals surface area contributed by atoms with E-state index in [1.165, 1.54) is 10.4 Å². The zero-order valence-corrected chi connectivity index (χ0v) is 26.0. The van der Waals surface area contributed by atoms with Crippen LogP contribution in [-0.4, -0.2) is 39.5 Å². The molecule has 0 spiro atoms. The normalized spacial score (nSPS) is 11.4. The van der Waals surface area contributed by atoms with Crippen LogP contribution in [-0.2, 0) is 23.0 Å². The van der Waals surface area contributed by atoms with Gasteiger partial charge in [0, 0.05) is 34.4 Å². The number of nitrogens with one attached hydrogen (secondary N) is 1. The topological polar surface area (TPSA) is 106 Å². The maximum atomic E-state index is 13.2. The number of carbonyl (C=O) groups excluding carboxylic acids is 2. The number of rotatable bonds is 12. The molecule has 5 aromatic carbocycles. The molecule has 1 N–H and O–H groups in total. The molecular weight excluding hydrogens is 600 g/mol. The number of sulfonamides is 1. The molecule has 9 heteroatoms. The second-order valence-corrected chi connectivity index (χ2v) is 12.8. The number of amides is 1. The summed E-state index contributed by atoms with van der Waals surface area (Å²) in [6, 6.07) is 36.5. The van der Waals surface area contributed by atoms with Crippen molar-refractivity contribution in [2.75, 3.05) is 23.7 Å². The fourth-order valence-corrected chi connectivity index (χ4v) is 6.26. The van der Waals surface area contributed by atoms with Crippen LogP contribution < -0.4 is 14.4 Å². The molecule has 0 aliphatic heterocycles. The van der Waals surface area contributed by atoms with Crippen LogP contribution in [0.25, 0.3) is 21.9 Å². The quantitative estimate of drug-likeness (QED) is 0.149. The molecule has 0 aliphatic rings. The first-order valence-electron chi connectivity index (χ1n) is 14.8. The average molecular weight is 633 g/mol. The zero-order chi connectivity index (χ0) is 32.1. The molecule has 6 aromatic rings. The minimum absolute atomic E-state index is 0.128. The van der Waals surface area contributed by atoms with Gasteiger partial charge in [0.2, 0.25) is 10.0 Å². The number of fused-ring (bicyclic) bond motifs is 3. The van der Waals surface area contributed by atoms with E-state index in [-0.39, 0.29) is 24.8 Å². The van der Waals surface area contributed by atoms with Crippen molar-refractivity contribution >= 4 is 49.3 Å². The Hall–Kier alpha value is -5.41. The maximum absolute atomic E-state index is 13.2. The van der Waals surface area contributed by atoms with Gasteiger partial charge in [-0.1, -0.05) is 78.9 Å². The Bertz CT molecular complexity index is 2140. The van der Waals surface area contributed by atoms with Crippen molar-refractivity contribution in [1.82, 2.24) is 5.32 Å². The Morgan fingerprint density at radius 2 is 1.52 bits per heavy atom. The summed E-state index contributed by atoms with van der Waals surface area (Å²) in [5.41, 5.74) is 4.27. The lowest BCUT2D eigenvalue weighted by molar-refractivity contribution is 0.0903. The summed E-state index contributed by atoms with van der Waals surface area (Å²) in [6.07, 6.45) is 1.60. The first-order chi connectivity index (χ1) is 22.3. The van der Waals surface area contributed by atoms with Crippen molar-refractivity contribution in [3.8, 4) is 5.75 Å². The molecule has 0 bridgehead atoms. The van der Waals surface area contributed by atoms with Crippen LogP contribution in [0.15, 0.2) is 126 Å². The molecule has 0 unspecified atom stereocenters. The molecular formula is C37H32N2O6S. The van der Waals surface area contributed by atoms with E-state index in [0.717, 1.165) is 39.3 Å². The van der Waals surface area contributed by atoms with E-state index in [1.54, 1.807) is 30.3 Å². The first kappa shape index (κ1) is 30.6. The van der Waals surface area contributed by atoms with Crippen molar-refractivity contribution in [2.24, 2.45) is 0 Å². The number of Topliss-reactive ketones (excluding diaryl/α,β-unsaturated/α-hetero) is 1. The SMILES string of the molecule is CS(=O)(=O)N(Cc1ccccc1)c1cccc(C(=O)CNC(=O)c2ccccc2CCOc2ccc3c(c2)oc2ccccc23)c1. The molecule has 0 atom stereocenters. The minimum atomic E-state index is -3.63. The molecule has 1 amide bonds. The Morgan fingerprint density at radius 1 is 0.783 bits per heavy atom. The van der Waals surface area contributed by atoms with E-state index in [9.17, 15) is 18.0 Å². The number of furan rings is 1. The predicted molar refractivity (Wildman–Crippen MR) is 180 cm³/mol. The average Bonchev–Trinajstić information content (AvgIpc) is 3.44. The Kier molecular flexibility index (Phi) is 8.85. The van der Waals surface area contributed by atoms with Crippen LogP contribution in [0.3, 0.4) is 0 Å². The number of ether oxygens (including phenoxy) is 1. The van der Waals surface area contributed by atoms with Crippen LogP contribution >= 0.6 is 0 Å². The van der Waals surface area contributed by atoms with Crippen LogP contribution in [0, 0.1) is 0 Å². The number of hydrogen-bond donors (Lipinski definition) is 1. The molecule has 8 nitrogen and oxygen atoms in total. The molecule has 0 aliphatic carbocycles.